The minimum absolute atomic E-state index is 0.0753. The van der Waals surface area contributed by atoms with Crippen LogP contribution in [0.1, 0.15) is 52.5 Å². The van der Waals surface area contributed by atoms with Crippen molar-refractivity contribution < 1.29 is 19.4 Å². The van der Waals surface area contributed by atoms with Gasteiger partial charge in [0, 0.05) is 17.5 Å². The van der Waals surface area contributed by atoms with Crippen LogP contribution in [0.25, 0.3) is 10.9 Å². The molecule has 1 saturated heterocycles. The number of pyridine rings is 1. The van der Waals surface area contributed by atoms with Crippen molar-refractivity contribution in [3.63, 3.8) is 0 Å². The smallest absolute Gasteiger partial charge is 0.354 e. The monoisotopic (exact) mass is 468 g/mol. The van der Waals surface area contributed by atoms with E-state index in [0.717, 1.165) is 47.9 Å². The van der Waals surface area contributed by atoms with E-state index in [1.807, 2.05) is 66.7 Å². The van der Waals surface area contributed by atoms with Gasteiger partial charge in [-0.15, -0.1) is 0 Å². The summed E-state index contributed by atoms with van der Waals surface area (Å²) < 4.78 is 12.4. The number of benzene rings is 3. The number of fused-ring (bicyclic) bond motifs is 1. The normalized spacial score (nSPS) is 15.6. The van der Waals surface area contributed by atoms with Crippen LogP contribution in [0, 0.1) is 0 Å². The summed E-state index contributed by atoms with van der Waals surface area (Å²) in [6.45, 7) is 1.65. The number of aromatic carboxylic acids is 1. The average Bonchev–Trinajstić information content (AvgIpc) is 2.91. The van der Waals surface area contributed by atoms with Gasteiger partial charge in [-0.3, -0.25) is 0 Å². The number of nitrogens with one attached hydrogen (secondary N) is 1. The predicted molar refractivity (Wildman–Crippen MR) is 135 cm³/mol. The minimum atomic E-state index is -1.11. The van der Waals surface area contributed by atoms with Crippen LogP contribution < -0.4 is 14.8 Å². The van der Waals surface area contributed by atoms with Gasteiger partial charge < -0.3 is 19.9 Å². The molecule has 0 radical (unpaired) electrons. The summed E-state index contributed by atoms with van der Waals surface area (Å²) in [5.74, 6) is -0.0663. The van der Waals surface area contributed by atoms with Gasteiger partial charge in [0.2, 0.25) is 0 Å². The standard InChI is InChI=1S/C29H28N2O4/c32-29(33)25-17-26(34-18-20-9-3-1-4-10-20)23-15-22(24-13-7-8-14-30-24)16-27(28(23)31-25)35-19-21-11-5-2-6-12-21/h1-6,9-12,15-17,24,30H,7-8,13-14,18-19H2,(H,32,33). The average molecular weight is 469 g/mol. The molecule has 1 aliphatic heterocycles. The molecule has 1 fully saturated rings. The van der Waals surface area contributed by atoms with Crippen LogP contribution in [0.4, 0.5) is 0 Å². The van der Waals surface area contributed by atoms with Crippen molar-refractivity contribution in [3.05, 3.63) is 101 Å². The van der Waals surface area contributed by atoms with Gasteiger partial charge in [-0.1, -0.05) is 67.1 Å². The third-order valence-corrected chi connectivity index (χ3v) is 6.27. The summed E-state index contributed by atoms with van der Waals surface area (Å²) in [5.41, 5.74) is 3.53. The Morgan fingerprint density at radius 1 is 0.886 bits per heavy atom. The molecule has 1 unspecified atom stereocenters. The molecule has 0 spiro atoms. The van der Waals surface area contributed by atoms with E-state index in [-0.39, 0.29) is 11.7 Å². The number of hydrogen-bond acceptors (Lipinski definition) is 5. The largest absolute Gasteiger partial charge is 0.488 e. The number of hydrogen-bond donors (Lipinski definition) is 2. The number of piperidine rings is 1. The van der Waals surface area contributed by atoms with Gasteiger partial charge in [0.05, 0.1) is 0 Å². The van der Waals surface area contributed by atoms with Crippen molar-refractivity contribution >= 4 is 16.9 Å². The molecular formula is C29H28N2O4. The summed E-state index contributed by atoms with van der Waals surface area (Å²) in [7, 11) is 0. The highest BCUT2D eigenvalue weighted by Crippen LogP contribution is 2.37. The highest BCUT2D eigenvalue weighted by Gasteiger charge is 2.21. The topological polar surface area (TPSA) is 80.7 Å². The maximum Gasteiger partial charge on any atom is 0.354 e. The quantitative estimate of drug-likeness (QED) is 0.335. The van der Waals surface area contributed by atoms with Crippen molar-refractivity contribution in [2.45, 2.75) is 38.5 Å². The Hall–Kier alpha value is -3.90. The Kier molecular flexibility index (Phi) is 6.91. The Balaban J connectivity index is 1.58. The first-order valence-electron chi connectivity index (χ1n) is 12.0. The van der Waals surface area contributed by atoms with E-state index < -0.39 is 5.97 Å². The molecule has 0 bridgehead atoms. The van der Waals surface area contributed by atoms with Gasteiger partial charge >= 0.3 is 5.97 Å². The first-order valence-corrected chi connectivity index (χ1v) is 12.0. The fourth-order valence-electron chi connectivity index (χ4n) is 4.43. The van der Waals surface area contributed by atoms with Crippen molar-refractivity contribution in [1.29, 1.82) is 0 Å². The number of carboxylic acid groups (broad SMARTS) is 1. The molecule has 1 aromatic heterocycles. The predicted octanol–water partition coefficient (Wildman–Crippen LogP) is 5.91. The molecule has 2 heterocycles. The summed E-state index contributed by atoms with van der Waals surface area (Å²) in [6, 6.07) is 25.5. The molecule has 178 valence electrons. The van der Waals surface area contributed by atoms with E-state index in [2.05, 4.69) is 16.4 Å². The van der Waals surface area contributed by atoms with Gasteiger partial charge in [0.15, 0.2) is 5.69 Å². The fourth-order valence-corrected chi connectivity index (χ4v) is 4.43. The number of carbonyl (C=O) groups is 1. The van der Waals surface area contributed by atoms with E-state index in [9.17, 15) is 9.90 Å². The van der Waals surface area contributed by atoms with Gasteiger partial charge in [-0.25, -0.2) is 9.78 Å². The third-order valence-electron chi connectivity index (χ3n) is 6.27. The second kappa shape index (κ2) is 10.6. The third kappa shape index (κ3) is 5.44. The van der Waals surface area contributed by atoms with Crippen molar-refractivity contribution in [3.8, 4) is 11.5 Å². The van der Waals surface area contributed by atoms with E-state index in [4.69, 9.17) is 9.47 Å². The zero-order valence-corrected chi connectivity index (χ0v) is 19.4. The fraction of sp³-hybridized carbons (Fsp3) is 0.241. The van der Waals surface area contributed by atoms with Crippen molar-refractivity contribution in [2.24, 2.45) is 0 Å². The first-order chi connectivity index (χ1) is 17.2. The summed E-state index contributed by atoms with van der Waals surface area (Å²) in [6.07, 6.45) is 3.35. The summed E-state index contributed by atoms with van der Waals surface area (Å²) in [5, 5.41) is 14.1. The molecule has 5 rings (SSSR count). The zero-order chi connectivity index (χ0) is 24.0. The molecule has 4 aromatic rings. The maximum absolute atomic E-state index is 11.9. The number of nitrogens with zero attached hydrogens (tertiary/aromatic N) is 1. The van der Waals surface area contributed by atoms with Gasteiger partial charge in [0.1, 0.15) is 30.2 Å². The Morgan fingerprint density at radius 2 is 1.54 bits per heavy atom. The van der Waals surface area contributed by atoms with E-state index >= 15 is 0 Å². The molecule has 2 N–H and O–H groups in total. The highest BCUT2D eigenvalue weighted by atomic mass is 16.5. The molecule has 6 nitrogen and oxygen atoms in total. The van der Waals surface area contributed by atoms with E-state index in [1.54, 1.807) is 0 Å². The number of ether oxygens (including phenoxy) is 2. The van der Waals surface area contributed by atoms with E-state index in [0.29, 0.717) is 30.2 Å². The number of carboxylic acids is 1. The van der Waals surface area contributed by atoms with Crippen LogP contribution in [-0.4, -0.2) is 22.6 Å². The van der Waals surface area contributed by atoms with Crippen LogP contribution in [0.5, 0.6) is 11.5 Å². The second-order valence-corrected chi connectivity index (χ2v) is 8.78. The lowest BCUT2D eigenvalue weighted by atomic mass is 9.95. The van der Waals surface area contributed by atoms with Crippen LogP contribution in [-0.2, 0) is 13.2 Å². The molecule has 0 amide bonds. The Labute approximate surface area is 204 Å². The summed E-state index contributed by atoms with van der Waals surface area (Å²) in [4.78, 5) is 16.4. The molecule has 0 saturated carbocycles. The minimum Gasteiger partial charge on any atom is -0.488 e. The SMILES string of the molecule is O=C(O)c1cc(OCc2ccccc2)c2cc(C3CCCCN3)cc(OCc3ccccc3)c2n1. The lowest BCUT2D eigenvalue weighted by molar-refractivity contribution is 0.0690. The maximum atomic E-state index is 11.9. The van der Waals surface area contributed by atoms with Gasteiger partial charge in [0.25, 0.3) is 0 Å². The number of aromatic nitrogens is 1. The molecule has 0 aliphatic carbocycles. The Bertz CT molecular complexity index is 1300. The lowest BCUT2D eigenvalue weighted by Gasteiger charge is -2.25. The van der Waals surface area contributed by atoms with Crippen LogP contribution in [0.2, 0.25) is 0 Å². The van der Waals surface area contributed by atoms with E-state index in [1.165, 1.54) is 6.07 Å². The molecule has 3 aromatic carbocycles. The molecule has 1 aliphatic rings. The van der Waals surface area contributed by atoms with Crippen LogP contribution >= 0.6 is 0 Å². The van der Waals surface area contributed by atoms with Gasteiger partial charge in [-0.2, -0.15) is 0 Å². The van der Waals surface area contributed by atoms with Crippen LogP contribution in [0.3, 0.4) is 0 Å². The van der Waals surface area contributed by atoms with Gasteiger partial charge in [-0.05, 0) is 48.2 Å². The zero-order valence-electron chi connectivity index (χ0n) is 19.4. The lowest BCUT2D eigenvalue weighted by Crippen LogP contribution is -2.26. The summed E-state index contributed by atoms with van der Waals surface area (Å²) >= 11 is 0. The second-order valence-electron chi connectivity index (χ2n) is 8.78. The molecule has 35 heavy (non-hydrogen) atoms. The first kappa shape index (κ1) is 22.9. The molecule has 6 heteroatoms. The van der Waals surface area contributed by atoms with Crippen molar-refractivity contribution in [2.75, 3.05) is 6.54 Å². The Morgan fingerprint density at radius 3 is 2.14 bits per heavy atom. The van der Waals surface area contributed by atoms with Crippen molar-refractivity contribution in [1.82, 2.24) is 10.3 Å². The highest BCUT2D eigenvalue weighted by molar-refractivity contribution is 5.96. The molecule has 1 atom stereocenters. The molecular weight excluding hydrogens is 440 g/mol. The number of rotatable bonds is 8. The van der Waals surface area contributed by atoms with Crippen LogP contribution in [0.15, 0.2) is 78.9 Å².